The molecule has 2 aromatic heterocycles. The Balaban J connectivity index is 2.02. The van der Waals surface area contributed by atoms with Gasteiger partial charge in [0, 0.05) is 17.7 Å². The van der Waals surface area contributed by atoms with E-state index in [2.05, 4.69) is 25.0 Å². The lowest BCUT2D eigenvalue weighted by Gasteiger charge is -2.09. The van der Waals surface area contributed by atoms with Crippen LogP contribution in [0.1, 0.15) is 31.9 Å². The van der Waals surface area contributed by atoms with Crippen molar-refractivity contribution in [1.82, 2.24) is 20.4 Å². The van der Waals surface area contributed by atoms with Crippen molar-refractivity contribution in [3.05, 3.63) is 29.9 Å². The largest absolute Gasteiger partial charge is 0.471 e. The zero-order valence-corrected chi connectivity index (χ0v) is 12.5. The molecule has 0 aliphatic rings. The second kappa shape index (κ2) is 6.76. The van der Waals surface area contributed by atoms with Gasteiger partial charge < -0.3 is 9.84 Å². The van der Waals surface area contributed by atoms with Crippen LogP contribution >= 0.6 is 0 Å². The van der Waals surface area contributed by atoms with E-state index in [0.29, 0.717) is 11.3 Å². The van der Waals surface area contributed by atoms with Crippen molar-refractivity contribution >= 4 is 5.91 Å². The van der Waals surface area contributed by atoms with Crippen LogP contribution in [-0.2, 0) is 17.5 Å². The number of halogens is 3. The number of aromatic nitrogens is 3. The summed E-state index contributed by atoms with van der Waals surface area (Å²) < 4.78 is 41.4. The average Bonchev–Trinajstić information content (AvgIpc) is 3.02. The standard InChI is InChI=1S/C14H15F3N4O2/c1-3-8(2)12(22)19-7-10-5-4-9(6-18-10)11-20-13(23-21-11)14(15,16)17/h4-6,8H,3,7H2,1-2H3,(H,19,22). The van der Waals surface area contributed by atoms with Gasteiger partial charge in [-0.1, -0.05) is 19.0 Å². The molecule has 2 rings (SSSR count). The van der Waals surface area contributed by atoms with Gasteiger partial charge in [-0.15, -0.1) is 0 Å². The van der Waals surface area contributed by atoms with Crippen LogP contribution in [0.3, 0.4) is 0 Å². The Morgan fingerprint density at radius 1 is 1.39 bits per heavy atom. The molecule has 0 aromatic carbocycles. The molecule has 124 valence electrons. The molecule has 2 aromatic rings. The Morgan fingerprint density at radius 3 is 2.65 bits per heavy atom. The first kappa shape index (κ1) is 16.9. The van der Waals surface area contributed by atoms with E-state index in [-0.39, 0.29) is 24.2 Å². The molecule has 9 heteroatoms. The summed E-state index contributed by atoms with van der Waals surface area (Å²) in [7, 11) is 0. The van der Waals surface area contributed by atoms with Gasteiger partial charge >= 0.3 is 12.1 Å². The second-order valence-corrected chi connectivity index (χ2v) is 4.99. The van der Waals surface area contributed by atoms with E-state index in [0.717, 1.165) is 6.42 Å². The Bertz CT molecular complexity index is 667. The number of hydrogen-bond acceptors (Lipinski definition) is 5. The lowest BCUT2D eigenvalue weighted by molar-refractivity contribution is -0.159. The maximum absolute atomic E-state index is 12.4. The monoisotopic (exact) mass is 328 g/mol. The van der Waals surface area contributed by atoms with Gasteiger partial charge in [-0.3, -0.25) is 9.78 Å². The quantitative estimate of drug-likeness (QED) is 0.913. The van der Waals surface area contributed by atoms with Crippen LogP contribution in [0.4, 0.5) is 13.2 Å². The molecule has 0 saturated carbocycles. The van der Waals surface area contributed by atoms with E-state index < -0.39 is 12.1 Å². The fourth-order valence-electron chi connectivity index (χ4n) is 1.65. The molecule has 0 saturated heterocycles. The smallest absolute Gasteiger partial charge is 0.350 e. The van der Waals surface area contributed by atoms with E-state index in [1.807, 2.05) is 13.8 Å². The van der Waals surface area contributed by atoms with Gasteiger partial charge in [-0.2, -0.15) is 18.2 Å². The third-order valence-corrected chi connectivity index (χ3v) is 3.26. The highest BCUT2D eigenvalue weighted by atomic mass is 19.4. The summed E-state index contributed by atoms with van der Waals surface area (Å²) in [4.78, 5) is 19.0. The zero-order valence-electron chi connectivity index (χ0n) is 12.5. The Labute approximate surface area is 130 Å². The molecule has 0 aliphatic heterocycles. The lowest BCUT2D eigenvalue weighted by Crippen LogP contribution is -2.28. The number of carbonyl (C=O) groups is 1. The van der Waals surface area contributed by atoms with Crippen LogP contribution in [0.25, 0.3) is 11.4 Å². The summed E-state index contributed by atoms with van der Waals surface area (Å²) >= 11 is 0. The molecule has 0 spiro atoms. The van der Waals surface area contributed by atoms with Crippen LogP contribution in [0, 0.1) is 5.92 Å². The number of carbonyl (C=O) groups excluding carboxylic acids is 1. The molecular weight excluding hydrogens is 313 g/mol. The van der Waals surface area contributed by atoms with Crippen molar-refractivity contribution in [2.24, 2.45) is 5.92 Å². The van der Waals surface area contributed by atoms with Crippen LogP contribution in [0.15, 0.2) is 22.9 Å². The van der Waals surface area contributed by atoms with E-state index in [4.69, 9.17) is 0 Å². The summed E-state index contributed by atoms with van der Waals surface area (Å²) in [5.74, 6) is -1.77. The molecule has 1 N–H and O–H groups in total. The van der Waals surface area contributed by atoms with Crippen molar-refractivity contribution in [3.63, 3.8) is 0 Å². The zero-order chi connectivity index (χ0) is 17.0. The van der Waals surface area contributed by atoms with Gasteiger partial charge in [0.05, 0.1) is 12.2 Å². The van der Waals surface area contributed by atoms with Crippen molar-refractivity contribution in [2.45, 2.75) is 33.0 Å². The second-order valence-electron chi connectivity index (χ2n) is 4.99. The highest BCUT2D eigenvalue weighted by Gasteiger charge is 2.38. The third-order valence-electron chi connectivity index (χ3n) is 3.26. The molecule has 2 heterocycles. The minimum Gasteiger partial charge on any atom is -0.350 e. The predicted octanol–water partition coefficient (Wildman–Crippen LogP) is 2.81. The SMILES string of the molecule is CCC(C)C(=O)NCc1ccc(-c2noc(C(F)(F)F)n2)cn1. The maximum Gasteiger partial charge on any atom is 0.471 e. The topological polar surface area (TPSA) is 80.9 Å². The van der Waals surface area contributed by atoms with E-state index in [9.17, 15) is 18.0 Å². The van der Waals surface area contributed by atoms with E-state index in [1.165, 1.54) is 12.3 Å². The molecule has 6 nitrogen and oxygen atoms in total. The van der Waals surface area contributed by atoms with Crippen LogP contribution in [0.5, 0.6) is 0 Å². The molecule has 0 fully saturated rings. The number of amides is 1. The van der Waals surface area contributed by atoms with Gasteiger partial charge in [-0.05, 0) is 18.6 Å². The van der Waals surface area contributed by atoms with Gasteiger partial charge in [-0.25, -0.2) is 0 Å². The minimum atomic E-state index is -4.68. The molecule has 0 radical (unpaired) electrons. The lowest BCUT2D eigenvalue weighted by atomic mass is 10.1. The highest BCUT2D eigenvalue weighted by Crippen LogP contribution is 2.29. The van der Waals surface area contributed by atoms with Crippen molar-refractivity contribution in [2.75, 3.05) is 0 Å². The normalized spacial score (nSPS) is 12.9. The van der Waals surface area contributed by atoms with Gasteiger partial charge in [0.15, 0.2) is 0 Å². The van der Waals surface area contributed by atoms with Crippen LogP contribution < -0.4 is 5.32 Å². The molecular formula is C14H15F3N4O2. The fraction of sp³-hybridized carbons (Fsp3) is 0.429. The summed E-state index contributed by atoms with van der Waals surface area (Å²) in [5, 5.41) is 6.01. The molecule has 23 heavy (non-hydrogen) atoms. The van der Waals surface area contributed by atoms with Gasteiger partial charge in [0.1, 0.15) is 0 Å². The number of alkyl halides is 3. The number of hydrogen-bond donors (Lipinski definition) is 1. The minimum absolute atomic E-state index is 0.0774. The van der Waals surface area contributed by atoms with E-state index >= 15 is 0 Å². The van der Waals surface area contributed by atoms with E-state index in [1.54, 1.807) is 6.07 Å². The molecule has 1 amide bonds. The van der Waals surface area contributed by atoms with Crippen molar-refractivity contribution in [3.8, 4) is 11.4 Å². The first-order valence-electron chi connectivity index (χ1n) is 6.95. The van der Waals surface area contributed by atoms with Crippen molar-refractivity contribution < 1.29 is 22.5 Å². The first-order valence-corrected chi connectivity index (χ1v) is 6.95. The Kier molecular flexibility index (Phi) is 4.97. The molecule has 1 atom stereocenters. The average molecular weight is 328 g/mol. The van der Waals surface area contributed by atoms with Crippen molar-refractivity contribution in [1.29, 1.82) is 0 Å². The number of pyridine rings is 1. The summed E-state index contributed by atoms with van der Waals surface area (Å²) in [5.41, 5.74) is 0.867. The molecule has 1 unspecified atom stereocenters. The predicted molar refractivity (Wildman–Crippen MR) is 73.8 cm³/mol. The highest BCUT2D eigenvalue weighted by molar-refractivity contribution is 5.78. The molecule has 0 aliphatic carbocycles. The summed E-state index contributed by atoms with van der Waals surface area (Å²) in [6.45, 7) is 3.97. The first-order chi connectivity index (χ1) is 10.8. The Morgan fingerprint density at radius 2 is 2.13 bits per heavy atom. The number of nitrogens with zero attached hydrogens (tertiary/aromatic N) is 3. The van der Waals surface area contributed by atoms with Gasteiger partial charge in [0.25, 0.3) is 0 Å². The summed E-state index contributed by atoms with van der Waals surface area (Å²) in [6, 6.07) is 3.10. The molecule has 0 bridgehead atoms. The fourth-order valence-corrected chi connectivity index (χ4v) is 1.65. The number of nitrogens with one attached hydrogen (secondary N) is 1. The maximum atomic E-state index is 12.4. The Hall–Kier alpha value is -2.45. The van der Waals surface area contributed by atoms with Gasteiger partial charge in [0.2, 0.25) is 11.7 Å². The summed E-state index contributed by atoms with van der Waals surface area (Å²) in [6.07, 6.45) is -2.62. The number of rotatable bonds is 5. The van der Waals surface area contributed by atoms with Crippen LogP contribution in [-0.4, -0.2) is 21.0 Å². The van der Waals surface area contributed by atoms with Crippen LogP contribution in [0.2, 0.25) is 0 Å². The third kappa shape index (κ3) is 4.27.